The molecule has 4 rings (SSSR count). The van der Waals surface area contributed by atoms with Gasteiger partial charge in [-0.15, -0.1) is 11.3 Å². The molecule has 0 N–H and O–H groups in total. The molecule has 29 heavy (non-hydrogen) atoms. The van der Waals surface area contributed by atoms with E-state index in [1.165, 1.54) is 11.3 Å². The highest BCUT2D eigenvalue weighted by Crippen LogP contribution is 2.38. The van der Waals surface area contributed by atoms with Gasteiger partial charge in [-0.25, -0.2) is 4.98 Å². The second kappa shape index (κ2) is 8.13. The zero-order valence-corrected chi connectivity index (χ0v) is 17.8. The lowest BCUT2D eigenvalue weighted by molar-refractivity contribution is -0.141. The molecule has 0 aliphatic heterocycles. The fourth-order valence-corrected chi connectivity index (χ4v) is 4.44. The van der Waals surface area contributed by atoms with Crippen LogP contribution in [-0.2, 0) is 16.0 Å². The summed E-state index contributed by atoms with van der Waals surface area (Å²) in [4.78, 5) is 29.2. The molecule has 0 bridgehead atoms. The van der Waals surface area contributed by atoms with E-state index in [4.69, 9.17) is 16.3 Å². The van der Waals surface area contributed by atoms with Crippen LogP contribution in [0.2, 0.25) is 5.02 Å². The van der Waals surface area contributed by atoms with Gasteiger partial charge in [0, 0.05) is 39.0 Å². The molecule has 0 spiro atoms. The Labute approximate surface area is 178 Å². The molecule has 1 aromatic carbocycles. The summed E-state index contributed by atoms with van der Waals surface area (Å²) < 4.78 is 7.43. The Bertz CT molecular complexity index is 1060. The number of nitrogens with zero attached hydrogens (tertiary/aromatic N) is 2. The lowest BCUT2D eigenvalue weighted by Gasteiger charge is -2.07. The summed E-state index contributed by atoms with van der Waals surface area (Å²) in [6.45, 7) is 3.71. The minimum absolute atomic E-state index is 0.0401. The molecule has 1 aliphatic rings. The van der Waals surface area contributed by atoms with E-state index in [9.17, 15) is 9.59 Å². The van der Waals surface area contributed by atoms with Crippen LogP contribution >= 0.6 is 22.9 Å². The van der Waals surface area contributed by atoms with Gasteiger partial charge in [0.2, 0.25) is 5.78 Å². The SMILES string of the molecule is Cc1cc(C(=O)COC(=O)Cc2csc(-c3ccc(Cl)cc3)n2)c(C)n1C1CC1. The molecule has 2 aromatic heterocycles. The number of halogens is 1. The third kappa shape index (κ3) is 4.43. The quantitative estimate of drug-likeness (QED) is 0.384. The molecule has 1 fully saturated rings. The Balaban J connectivity index is 1.34. The number of aryl methyl sites for hydroxylation is 1. The number of carbonyl (C=O) groups excluding carboxylic acids is 2. The van der Waals surface area contributed by atoms with Crippen LogP contribution in [0.15, 0.2) is 35.7 Å². The van der Waals surface area contributed by atoms with E-state index in [0.717, 1.165) is 34.8 Å². The van der Waals surface area contributed by atoms with Gasteiger partial charge < -0.3 is 9.30 Å². The van der Waals surface area contributed by atoms with Crippen LogP contribution in [0.3, 0.4) is 0 Å². The van der Waals surface area contributed by atoms with Gasteiger partial charge in [0.1, 0.15) is 5.01 Å². The Hall–Kier alpha value is -2.44. The van der Waals surface area contributed by atoms with Crippen molar-refractivity contribution in [1.82, 2.24) is 9.55 Å². The number of ether oxygens (including phenoxy) is 1. The molecule has 7 heteroatoms. The number of Topliss-reactive ketones (excluding diaryl/α,β-unsaturated/α-hetero) is 1. The molecule has 0 unspecified atom stereocenters. The van der Waals surface area contributed by atoms with Crippen LogP contribution < -0.4 is 0 Å². The minimum atomic E-state index is -0.456. The van der Waals surface area contributed by atoms with Gasteiger partial charge in [0.05, 0.1) is 12.1 Å². The fraction of sp³-hybridized carbons (Fsp3) is 0.318. The van der Waals surface area contributed by atoms with Gasteiger partial charge >= 0.3 is 5.97 Å². The first-order valence-electron chi connectivity index (χ1n) is 9.50. The number of carbonyl (C=O) groups is 2. The summed E-state index contributed by atoms with van der Waals surface area (Å²) in [7, 11) is 0. The van der Waals surface area contributed by atoms with Crippen LogP contribution in [0.1, 0.15) is 46.3 Å². The van der Waals surface area contributed by atoms with Crippen LogP contribution in [0.25, 0.3) is 10.6 Å². The van der Waals surface area contributed by atoms with Crippen LogP contribution in [-0.4, -0.2) is 27.9 Å². The maximum absolute atomic E-state index is 12.5. The summed E-state index contributed by atoms with van der Waals surface area (Å²) >= 11 is 7.36. The zero-order valence-electron chi connectivity index (χ0n) is 16.3. The van der Waals surface area contributed by atoms with E-state index >= 15 is 0 Å². The topological polar surface area (TPSA) is 61.2 Å². The highest BCUT2D eigenvalue weighted by molar-refractivity contribution is 7.13. The first kappa shape index (κ1) is 19.9. The third-order valence-electron chi connectivity index (χ3n) is 5.03. The molecule has 0 radical (unpaired) electrons. The molecule has 150 valence electrons. The molecular weight excluding hydrogens is 408 g/mol. The number of aromatic nitrogens is 2. The van der Waals surface area contributed by atoms with Crippen LogP contribution in [0.4, 0.5) is 0 Å². The number of rotatable bonds is 7. The van der Waals surface area contributed by atoms with E-state index in [0.29, 0.717) is 22.3 Å². The maximum atomic E-state index is 12.5. The van der Waals surface area contributed by atoms with E-state index in [1.807, 2.05) is 37.4 Å². The Morgan fingerprint density at radius 1 is 1.24 bits per heavy atom. The van der Waals surface area contributed by atoms with Crippen molar-refractivity contribution >= 4 is 34.7 Å². The molecule has 1 saturated carbocycles. The number of thiazole rings is 1. The van der Waals surface area contributed by atoms with Crippen LogP contribution in [0.5, 0.6) is 0 Å². The minimum Gasteiger partial charge on any atom is -0.457 e. The first-order chi connectivity index (χ1) is 13.9. The zero-order chi connectivity index (χ0) is 20.5. The summed E-state index contributed by atoms with van der Waals surface area (Å²) in [6, 6.07) is 9.79. The molecule has 0 saturated heterocycles. The number of hydrogen-bond donors (Lipinski definition) is 0. The Morgan fingerprint density at radius 3 is 2.66 bits per heavy atom. The van der Waals surface area contributed by atoms with Crippen molar-refractivity contribution in [2.45, 2.75) is 39.2 Å². The molecule has 1 aliphatic carbocycles. The number of benzene rings is 1. The summed E-state index contributed by atoms with van der Waals surface area (Å²) in [5.74, 6) is -0.624. The van der Waals surface area contributed by atoms with Gasteiger partial charge in [-0.1, -0.05) is 23.7 Å². The third-order valence-corrected chi connectivity index (χ3v) is 6.22. The Morgan fingerprint density at radius 2 is 1.97 bits per heavy atom. The lowest BCUT2D eigenvalue weighted by Crippen LogP contribution is -2.16. The molecule has 3 aromatic rings. The standard InChI is InChI=1S/C22H21ClN2O3S/c1-13-9-19(14(2)25(13)18-7-8-18)20(26)11-28-21(27)10-17-12-29-22(24-17)15-3-5-16(23)6-4-15/h3-6,9,12,18H,7-8,10-11H2,1-2H3. The van der Waals surface area contributed by atoms with Crippen molar-refractivity contribution in [2.75, 3.05) is 6.61 Å². The molecule has 0 atom stereocenters. The predicted molar refractivity (Wildman–Crippen MR) is 114 cm³/mol. The largest absolute Gasteiger partial charge is 0.457 e. The van der Waals surface area contributed by atoms with Crippen molar-refractivity contribution in [2.24, 2.45) is 0 Å². The number of ketones is 1. The van der Waals surface area contributed by atoms with E-state index in [-0.39, 0.29) is 18.8 Å². The molecular formula is C22H21ClN2O3S. The lowest BCUT2D eigenvalue weighted by atomic mass is 10.1. The van der Waals surface area contributed by atoms with Crippen LogP contribution in [0, 0.1) is 13.8 Å². The monoisotopic (exact) mass is 428 g/mol. The molecule has 5 nitrogen and oxygen atoms in total. The second-order valence-electron chi connectivity index (χ2n) is 7.30. The van der Waals surface area contributed by atoms with Crippen molar-refractivity contribution in [3.8, 4) is 10.6 Å². The van der Waals surface area contributed by atoms with Gasteiger partial charge in [-0.05, 0) is 44.9 Å². The maximum Gasteiger partial charge on any atom is 0.312 e. The average Bonchev–Trinajstić information content (AvgIpc) is 3.34. The molecule has 0 amide bonds. The smallest absolute Gasteiger partial charge is 0.312 e. The van der Waals surface area contributed by atoms with E-state index in [2.05, 4.69) is 9.55 Å². The van der Waals surface area contributed by atoms with Crippen molar-refractivity contribution < 1.29 is 14.3 Å². The number of esters is 1. The van der Waals surface area contributed by atoms with E-state index in [1.54, 1.807) is 12.1 Å². The highest BCUT2D eigenvalue weighted by atomic mass is 35.5. The summed E-state index contributed by atoms with van der Waals surface area (Å²) in [6.07, 6.45) is 2.35. The number of hydrogen-bond acceptors (Lipinski definition) is 5. The van der Waals surface area contributed by atoms with E-state index < -0.39 is 5.97 Å². The second-order valence-corrected chi connectivity index (χ2v) is 8.59. The van der Waals surface area contributed by atoms with Gasteiger partial charge in [-0.3, -0.25) is 9.59 Å². The van der Waals surface area contributed by atoms with Gasteiger partial charge in [0.15, 0.2) is 6.61 Å². The van der Waals surface area contributed by atoms with Crippen molar-refractivity contribution in [1.29, 1.82) is 0 Å². The van der Waals surface area contributed by atoms with Crippen molar-refractivity contribution in [3.05, 3.63) is 63.4 Å². The normalized spacial score (nSPS) is 13.5. The Kier molecular flexibility index (Phi) is 5.56. The fourth-order valence-electron chi connectivity index (χ4n) is 3.49. The summed E-state index contributed by atoms with van der Waals surface area (Å²) in [5, 5.41) is 3.31. The van der Waals surface area contributed by atoms with Gasteiger partial charge in [-0.2, -0.15) is 0 Å². The highest BCUT2D eigenvalue weighted by Gasteiger charge is 2.28. The summed E-state index contributed by atoms with van der Waals surface area (Å²) in [5.41, 5.74) is 4.25. The first-order valence-corrected chi connectivity index (χ1v) is 10.8. The van der Waals surface area contributed by atoms with Gasteiger partial charge in [0.25, 0.3) is 0 Å². The predicted octanol–water partition coefficient (Wildman–Crippen LogP) is 5.19. The average molecular weight is 429 g/mol. The van der Waals surface area contributed by atoms with Crippen molar-refractivity contribution in [3.63, 3.8) is 0 Å². The molecule has 2 heterocycles.